The lowest BCUT2D eigenvalue weighted by Gasteiger charge is -2.09. The first-order valence-corrected chi connectivity index (χ1v) is 3.45. The molecule has 0 saturated carbocycles. The van der Waals surface area contributed by atoms with Gasteiger partial charge in [0, 0.05) is 21.2 Å². The number of carbonyl (C=O) groups is 1. The molecule has 0 atom stereocenters. The van der Waals surface area contributed by atoms with Gasteiger partial charge < -0.3 is 14.4 Å². The fourth-order valence-corrected chi connectivity index (χ4v) is 0.431. The minimum atomic E-state index is -0.0268. The van der Waals surface area contributed by atoms with Crippen molar-refractivity contribution in [1.82, 2.24) is 4.90 Å². The molecule has 0 aromatic carbocycles. The van der Waals surface area contributed by atoms with Crippen LogP contribution in [-0.4, -0.2) is 51.8 Å². The van der Waals surface area contributed by atoms with E-state index in [2.05, 4.69) is 0 Å². The molecule has 1 amide bonds. The van der Waals surface area contributed by atoms with Crippen LogP contribution >= 0.6 is 0 Å². The van der Waals surface area contributed by atoms with Crippen molar-refractivity contribution in [2.75, 3.05) is 41.0 Å². The number of likely N-dealkylation sites (N-methyl/N-ethyl adjacent to an activating group) is 1. The number of carbonyl (C=O) groups excluding carboxylic acids is 1. The van der Waals surface area contributed by atoms with Crippen molar-refractivity contribution in [3.05, 3.63) is 0 Å². The number of methoxy groups -OCH3 is 1. The maximum Gasteiger partial charge on any atom is 0.248 e. The molecular formula is C7H15NO3. The second-order valence-corrected chi connectivity index (χ2v) is 2.33. The first-order valence-electron chi connectivity index (χ1n) is 3.45. The zero-order valence-electron chi connectivity index (χ0n) is 7.29. The van der Waals surface area contributed by atoms with Crippen LogP contribution in [0.3, 0.4) is 0 Å². The van der Waals surface area contributed by atoms with E-state index in [0.29, 0.717) is 13.2 Å². The maximum absolute atomic E-state index is 10.9. The first-order chi connectivity index (χ1) is 5.18. The van der Waals surface area contributed by atoms with E-state index >= 15 is 0 Å². The Kier molecular flexibility index (Phi) is 5.78. The van der Waals surface area contributed by atoms with Gasteiger partial charge in [-0.15, -0.1) is 0 Å². The van der Waals surface area contributed by atoms with Gasteiger partial charge in [-0.2, -0.15) is 0 Å². The van der Waals surface area contributed by atoms with Crippen molar-refractivity contribution in [3.63, 3.8) is 0 Å². The van der Waals surface area contributed by atoms with Crippen LogP contribution in [0.15, 0.2) is 0 Å². The molecule has 0 saturated heterocycles. The summed E-state index contributed by atoms with van der Waals surface area (Å²) in [5.41, 5.74) is 0. The Balaban J connectivity index is 3.18. The lowest BCUT2D eigenvalue weighted by atomic mass is 10.6. The van der Waals surface area contributed by atoms with E-state index < -0.39 is 0 Å². The monoisotopic (exact) mass is 161 g/mol. The minimum Gasteiger partial charge on any atom is -0.382 e. The highest BCUT2D eigenvalue weighted by Crippen LogP contribution is 1.81. The summed E-state index contributed by atoms with van der Waals surface area (Å²) in [6.07, 6.45) is 0. The molecule has 0 N–H and O–H groups in total. The summed E-state index contributed by atoms with van der Waals surface area (Å²) in [7, 11) is 4.99. The third-order valence-corrected chi connectivity index (χ3v) is 1.16. The second kappa shape index (κ2) is 6.12. The molecule has 66 valence electrons. The van der Waals surface area contributed by atoms with Crippen molar-refractivity contribution in [3.8, 4) is 0 Å². The molecule has 0 spiro atoms. The molecule has 0 unspecified atom stereocenters. The summed E-state index contributed by atoms with van der Waals surface area (Å²) < 4.78 is 9.72. The highest BCUT2D eigenvalue weighted by Gasteiger charge is 2.01. The Labute approximate surface area is 67.1 Å². The van der Waals surface area contributed by atoms with Gasteiger partial charge in [-0.25, -0.2) is 0 Å². The summed E-state index contributed by atoms with van der Waals surface area (Å²) in [4.78, 5) is 12.4. The van der Waals surface area contributed by atoms with Crippen molar-refractivity contribution in [1.29, 1.82) is 0 Å². The SMILES string of the molecule is COCCOCC(=O)N(C)C. The number of hydrogen-bond donors (Lipinski definition) is 0. The number of nitrogens with zero attached hydrogens (tertiary/aromatic N) is 1. The second-order valence-electron chi connectivity index (χ2n) is 2.33. The molecule has 0 rings (SSSR count). The van der Waals surface area contributed by atoms with Crippen LogP contribution in [0, 0.1) is 0 Å². The summed E-state index contributed by atoms with van der Waals surface area (Å²) in [5.74, 6) is -0.0268. The van der Waals surface area contributed by atoms with Gasteiger partial charge in [0.25, 0.3) is 0 Å². The van der Waals surface area contributed by atoms with E-state index in [4.69, 9.17) is 9.47 Å². The van der Waals surface area contributed by atoms with Crippen LogP contribution in [0.1, 0.15) is 0 Å². The number of ether oxygens (including phenoxy) is 2. The number of hydrogen-bond acceptors (Lipinski definition) is 3. The van der Waals surface area contributed by atoms with Gasteiger partial charge in [0.2, 0.25) is 5.91 Å². The van der Waals surface area contributed by atoms with E-state index in [-0.39, 0.29) is 12.5 Å². The lowest BCUT2D eigenvalue weighted by molar-refractivity contribution is -0.133. The Morgan fingerprint density at radius 2 is 2.00 bits per heavy atom. The molecule has 0 fully saturated rings. The van der Waals surface area contributed by atoms with Crippen LogP contribution in [0.2, 0.25) is 0 Å². The summed E-state index contributed by atoms with van der Waals surface area (Å²) >= 11 is 0. The predicted octanol–water partition coefficient (Wildman–Crippen LogP) is -0.262. The normalized spacial score (nSPS) is 9.73. The summed E-state index contributed by atoms with van der Waals surface area (Å²) in [6.45, 7) is 1.13. The quantitative estimate of drug-likeness (QED) is 0.521. The molecule has 0 aromatic rings. The maximum atomic E-state index is 10.9. The van der Waals surface area contributed by atoms with Gasteiger partial charge in [0.05, 0.1) is 13.2 Å². The molecule has 0 radical (unpaired) electrons. The van der Waals surface area contributed by atoms with Crippen LogP contribution in [0.4, 0.5) is 0 Å². The third kappa shape index (κ3) is 5.82. The molecule has 0 bridgehead atoms. The largest absolute Gasteiger partial charge is 0.382 e. The van der Waals surface area contributed by atoms with E-state index in [1.54, 1.807) is 21.2 Å². The fourth-order valence-electron chi connectivity index (χ4n) is 0.431. The van der Waals surface area contributed by atoms with E-state index in [0.717, 1.165) is 0 Å². The topological polar surface area (TPSA) is 38.8 Å². The predicted molar refractivity (Wildman–Crippen MR) is 41.4 cm³/mol. The van der Waals surface area contributed by atoms with Gasteiger partial charge in [-0.3, -0.25) is 4.79 Å². The molecule has 0 aromatic heterocycles. The highest BCUT2D eigenvalue weighted by molar-refractivity contribution is 5.76. The third-order valence-electron chi connectivity index (χ3n) is 1.16. The number of rotatable bonds is 5. The molecule has 0 aliphatic rings. The van der Waals surface area contributed by atoms with Crippen LogP contribution in [0.5, 0.6) is 0 Å². The molecule has 4 nitrogen and oxygen atoms in total. The molecular weight excluding hydrogens is 146 g/mol. The Morgan fingerprint density at radius 1 is 1.36 bits per heavy atom. The molecule has 0 heterocycles. The van der Waals surface area contributed by atoms with Gasteiger partial charge in [0.1, 0.15) is 6.61 Å². The van der Waals surface area contributed by atoms with Gasteiger partial charge in [0.15, 0.2) is 0 Å². The van der Waals surface area contributed by atoms with Crippen LogP contribution < -0.4 is 0 Å². The van der Waals surface area contributed by atoms with Crippen LogP contribution in [0.25, 0.3) is 0 Å². The average Bonchev–Trinajstić information content (AvgIpc) is 1.97. The van der Waals surface area contributed by atoms with Gasteiger partial charge in [-0.05, 0) is 0 Å². The summed E-state index contributed by atoms with van der Waals surface area (Å²) in [6, 6.07) is 0. The average molecular weight is 161 g/mol. The minimum absolute atomic E-state index is 0.0268. The van der Waals surface area contributed by atoms with Crippen molar-refractivity contribution < 1.29 is 14.3 Å². The summed E-state index contributed by atoms with van der Waals surface area (Å²) in [5, 5.41) is 0. The van der Waals surface area contributed by atoms with E-state index in [1.165, 1.54) is 4.90 Å². The smallest absolute Gasteiger partial charge is 0.248 e. The lowest BCUT2D eigenvalue weighted by Crippen LogP contribution is -2.26. The van der Waals surface area contributed by atoms with Gasteiger partial charge in [-0.1, -0.05) is 0 Å². The standard InChI is InChI=1S/C7H15NO3/c1-8(2)7(9)6-11-5-4-10-3/h4-6H2,1-3H3. The van der Waals surface area contributed by atoms with E-state index in [1.807, 2.05) is 0 Å². The molecule has 0 aliphatic heterocycles. The zero-order chi connectivity index (χ0) is 8.69. The first kappa shape index (κ1) is 10.4. The Morgan fingerprint density at radius 3 is 2.45 bits per heavy atom. The molecule has 11 heavy (non-hydrogen) atoms. The Hall–Kier alpha value is -0.610. The van der Waals surface area contributed by atoms with E-state index in [9.17, 15) is 4.79 Å². The van der Waals surface area contributed by atoms with Crippen molar-refractivity contribution in [2.24, 2.45) is 0 Å². The van der Waals surface area contributed by atoms with Crippen molar-refractivity contribution >= 4 is 5.91 Å². The molecule has 4 heteroatoms. The zero-order valence-corrected chi connectivity index (χ0v) is 7.29. The van der Waals surface area contributed by atoms with Gasteiger partial charge >= 0.3 is 0 Å². The Bertz CT molecular complexity index is 114. The van der Waals surface area contributed by atoms with Crippen molar-refractivity contribution in [2.45, 2.75) is 0 Å². The highest BCUT2D eigenvalue weighted by atomic mass is 16.5. The van der Waals surface area contributed by atoms with Crippen LogP contribution in [-0.2, 0) is 14.3 Å². The fraction of sp³-hybridized carbons (Fsp3) is 0.857. The molecule has 0 aliphatic carbocycles. The number of amides is 1.